The zero-order valence-corrected chi connectivity index (χ0v) is 8.50. The summed E-state index contributed by atoms with van der Waals surface area (Å²) in [6.07, 6.45) is 2.61. The molecule has 5 nitrogen and oxygen atoms in total. The summed E-state index contributed by atoms with van der Waals surface area (Å²) in [6.45, 7) is 4.45. The zero-order chi connectivity index (χ0) is 10.4. The van der Waals surface area contributed by atoms with E-state index < -0.39 is 0 Å². The Kier molecular flexibility index (Phi) is 4.12. The van der Waals surface area contributed by atoms with Crippen molar-refractivity contribution < 1.29 is 4.79 Å². The van der Waals surface area contributed by atoms with E-state index in [-0.39, 0.29) is 5.91 Å². The molecule has 1 atom stereocenters. The molecule has 0 aliphatic rings. The number of amides is 1. The Morgan fingerprint density at radius 2 is 2.50 bits per heavy atom. The van der Waals surface area contributed by atoms with E-state index in [1.165, 1.54) is 0 Å². The second-order valence-corrected chi connectivity index (χ2v) is 3.21. The molecule has 14 heavy (non-hydrogen) atoms. The van der Waals surface area contributed by atoms with Crippen molar-refractivity contribution in [1.82, 2.24) is 15.5 Å². The first-order chi connectivity index (χ1) is 6.72. The molecule has 1 heterocycles. The van der Waals surface area contributed by atoms with Gasteiger partial charge in [0.25, 0.3) is 0 Å². The van der Waals surface area contributed by atoms with Crippen molar-refractivity contribution in [2.75, 3.05) is 11.9 Å². The Labute approximate surface area is 83.3 Å². The normalized spacial score (nSPS) is 12.4. The average Bonchev–Trinajstić information content (AvgIpc) is 2.66. The second-order valence-electron chi connectivity index (χ2n) is 3.21. The molecule has 0 spiro atoms. The van der Waals surface area contributed by atoms with Crippen LogP contribution in [-0.4, -0.2) is 28.7 Å². The first-order valence-corrected chi connectivity index (χ1v) is 4.75. The minimum atomic E-state index is -0.0606. The van der Waals surface area contributed by atoms with Gasteiger partial charge in [0.15, 0.2) is 0 Å². The molecule has 1 unspecified atom stereocenters. The third-order valence-electron chi connectivity index (χ3n) is 2.00. The van der Waals surface area contributed by atoms with Crippen molar-refractivity contribution in [3.05, 3.63) is 12.3 Å². The van der Waals surface area contributed by atoms with Crippen LogP contribution in [-0.2, 0) is 4.79 Å². The molecule has 5 heteroatoms. The van der Waals surface area contributed by atoms with Crippen molar-refractivity contribution in [2.24, 2.45) is 0 Å². The lowest BCUT2D eigenvalue weighted by Crippen LogP contribution is -2.34. The number of anilines is 1. The number of aromatic amines is 1. The number of rotatable bonds is 5. The van der Waals surface area contributed by atoms with Crippen molar-refractivity contribution in [3.63, 3.8) is 0 Å². The van der Waals surface area contributed by atoms with Gasteiger partial charge in [0.1, 0.15) is 5.82 Å². The predicted molar refractivity (Wildman–Crippen MR) is 55.0 cm³/mol. The van der Waals surface area contributed by atoms with Crippen LogP contribution in [0.2, 0.25) is 0 Å². The quantitative estimate of drug-likeness (QED) is 0.650. The third kappa shape index (κ3) is 3.57. The van der Waals surface area contributed by atoms with Crippen molar-refractivity contribution in [2.45, 2.75) is 26.3 Å². The number of H-pyrrole nitrogens is 1. The molecule has 0 saturated carbocycles. The highest BCUT2D eigenvalue weighted by Crippen LogP contribution is 1.97. The van der Waals surface area contributed by atoms with E-state index in [1.807, 2.05) is 6.92 Å². The van der Waals surface area contributed by atoms with Crippen molar-refractivity contribution >= 4 is 11.7 Å². The summed E-state index contributed by atoms with van der Waals surface area (Å²) in [6, 6.07) is 2.07. The molecule has 1 aromatic rings. The van der Waals surface area contributed by atoms with Gasteiger partial charge in [-0.05, 0) is 13.3 Å². The van der Waals surface area contributed by atoms with Gasteiger partial charge in [0.05, 0.1) is 12.7 Å². The van der Waals surface area contributed by atoms with Crippen LogP contribution in [0.4, 0.5) is 5.82 Å². The molecule has 1 aromatic heterocycles. The Morgan fingerprint density at radius 1 is 1.71 bits per heavy atom. The molecule has 0 aliphatic carbocycles. The van der Waals surface area contributed by atoms with Gasteiger partial charge in [-0.3, -0.25) is 9.89 Å². The van der Waals surface area contributed by atoms with Crippen LogP contribution < -0.4 is 10.6 Å². The van der Waals surface area contributed by atoms with E-state index in [9.17, 15) is 4.79 Å². The maximum Gasteiger partial charge on any atom is 0.239 e. The number of nitrogens with one attached hydrogen (secondary N) is 3. The van der Waals surface area contributed by atoms with Crippen LogP contribution in [0.3, 0.4) is 0 Å². The summed E-state index contributed by atoms with van der Waals surface area (Å²) in [7, 11) is 0. The molecule has 0 radical (unpaired) electrons. The summed E-state index contributed by atoms with van der Waals surface area (Å²) >= 11 is 0. The van der Waals surface area contributed by atoms with Gasteiger partial charge in [-0.25, -0.2) is 0 Å². The molecule has 0 bridgehead atoms. The largest absolute Gasteiger partial charge is 0.310 e. The lowest BCUT2D eigenvalue weighted by atomic mass is 10.2. The van der Waals surface area contributed by atoms with Gasteiger partial charge >= 0.3 is 0 Å². The molecule has 0 fully saturated rings. The van der Waals surface area contributed by atoms with Crippen LogP contribution in [0.1, 0.15) is 20.3 Å². The SMILES string of the molecule is CCC(C)NCC(=O)Nc1ccn[nH]1. The van der Waals surface area contributed by atoms with Crippen molar-refractivity contribution in [3.8, 4) is 0 Å². The van der Waals surface area contributed by atoms with E-state index >= 15 is 0 Å². The molecule has 0 saturated heterocycles. The molecule has 0 aliphatic heterocycles. The lowest BCUT2D eigenvalue weighted by Gasteiger charge is -2.10. The smallest absolute Gasteiger partial charge is 0.239 e. The fourth-order valence-electron chi connectivity index (χ4n) is 0.931. The summed E-state index contributed by atoms with van der Waals surface area (Å²) < 4.78 is 0. The number of nitrogens with zero attached hydrogens (tertiary/aromatic N) is 1. The highest BCUT2D eigenvalue weighted by Gasteiger charge is 2.04. The molecular weight excluding hydrogens is 180 g/mol. The van der Waals surface area contributed by atoms with Gasteiger partial charge in [0, 0.05) is 12.1 Å². The van der Waals surface area contributed by atoms with Crippen LogP contribution in [0.5, 0.6) is 0 Å². The maximum absolute atomic E-state index is 11.3. The second kappa shape index (κ2) is 5.39. The van der Waals surface area contributed by atoms with Gasteiger partial charge < -0.3 is 10.6 Å². The molecule has 0 aromatic carbocycles. The fourth-order valence-corrected chi connectivity index (χ4v) is 0.931. The first kappa shape index (κ1) is 10.7. The highest BCUT2D eigenvalue weighted by atomic mass is 16.2. The van der Waals surface area contributed by atoms with Crippen molar-refractivity contribution in [1.29, 1.82) is 0 Å². The number of aromatic nitrogens is 2. The highest BCUT2D eigenvalue weighted by molar-refractivity contribution is 5.91. The summed E-state index contributed by atoms with van der Waals surface area (Å²) in [4.78, 5) is 11.3. The minimum Gasteiger partial charge on any atom is -0.310 e. The van der Waals surface area contributed by atoms with E-state index in [0.29, 0.717) is 18.4 Å². The number of carbonyl (C=O) groups is 1. The monoisotopic (exact) mass is 196 g/mol. The number of hydrogen-bond donors (Lipinski definition) is 3. The van der Waals surface area contributed by atoms with Crippen LogP contribution >= 0.6 is 0 Å². The Balaban J connectivity index is 2.23. The van der Waals surface area contributed by atoms with Crippen LogP contribution in [0.25, 0.3) is 0 Å². The predicted octanol–water partition coefficient (Wildman–Crippen LogP) is 0.736. The maximum atomic E-state index is 11.3. The van der Waals surface area contributed by atoms with Gasteiger partial charge in [-0.15, -0.1) is 0 Å². The van der Waals surface area contributed by atoms with E-state index in [1.54, 1.807) is 12.3 Å². The van der Waals surface area contributed by atoms with E-state index in [4.69, 9.17) is 0 Å². The average molecular weight is 196 g/mol. The molecular formula is C9H16N4O. The van der Waals surface area contributed by atoms with Crippen LogP contribution in [0.15, 0.2) is 12.3 Å². The number of carbonyl (C=O) groups excluding carboxylic acids is 1. The molecule has 3 N–H and O–H groups in total. The van der Waals surface area contributed by atoms with E-state index in [2.05, 4.69) is 27.8 Å². The molecule has 78 valence electrons. The fraction of sp³-hybridized carbons (Fsp3) is 0.556. The Morgan fingerprint density at radius 3 is 3.07 bits per heavy atom. The molecule has 1 amide bonds. The first-order valence-electron chi connectivity index (χ1n) is 4.75. The number of hydrogen-bond acceptors (Lipinski definition) is 3. The standard InChI is InChI=1S/C9H16N4O/c1-3-7(2)10-6-9(14)12-8-4-5-11-13-8/h4-5,7,10H,3,6H2,1-2H3,(H2,11,12,13,14). The summed E-state index contributed by atoms with van der Waals surface area (Å²) in [5.74, 6) is 0.565. The van der Waals surface area contributed by atoms with Gasteiger partial charge in [-0.1, -0.05) is 6.92 Å². The summed E-state index contributed by atoms with van der Waals surface area (Å²) in [5, 5.41) is 12.2. The van der Waals surface area contributed by atoms with Gasteiger partial charge in [0.2, 0.25) is 5.91 Å². The third-order valence-corrected chi connectivity index (χ3v) is 2.00. The van der Waals surface area contributed by atoms with E-state index in [0.717, 1.165) is 6.42 Å². The summed E-state index contributed by atoms with van der Waals surface area (Å²) in [5.41, 5.74) is 0. The van der Waals surface area contributed by atoms with Crippen LogP contribution in [0, 0.1) is 0 Å². The zero-order valence-electron chi connectivity index (χ0n) is 8.50. The molecule has 1 rings (SSSR count). The van der Waals surface area contributed by atoms with Gasteiger partial charge in [-0.2, -0.15) is 5.10 Å². The minimum absolute atomic E-state index is 0.0606. The Bertz CT molecular complexity index is 270. The topological polar surface area (TPSA) is 69.8 Å². The lowest BCUT2D eigenvalue weighted by molar-refractivity contribution is -0.115. The Hall–Kier alpha value is -1.36.